The van der Waals surface area contributed by atoms with Gasteiger partial charge in [0.05, 0.1) is 5.25 Å². The van der Waals surface area contributed by atoms with Gasteiger partial charge in [-0.3, -0.25) is 25.2 Å². The van der Waals surface area contributed by atoms with Crippen molar-refractivity contribution in [2.75, 3.05) is 0 Å². The van der Waals surface area contributed by atoms with E-state index in [9.17, 15) is 14.4 Å². The van der Waals surface area contributed by atoms with Gasteiger partial charge in [-0.25, -0.2) is 0 Å². The van der Waals surface area contributed by atoms with Crippen molar-refractivity contribution in [2.45, 2.75) is 42.9 Å². The zero-order chi connectivity index (χ0) is 16.1. The van der Waals surface area contributed by atoms with E-state index in [1.807, 2.05) is 31.2 Å². The van der Waals surface area contributed by atoms with Gasteiger partial charge in [0.1, 0.15) is 0 Å². The summed E-state index contributed by atoms with van der Waals surface area (Å²) in [5.41, 5.74) is 5.54. The van der Waals surface area contributed by atoms with Crippen molar-refractivity contribution in [3.05, 3.63) is 29.8 Å². The highest BCUT2D eigenvalue weighted by atomic mass is 32.2. The summed E-state index contributed by atoms with van der Waals surface area (Å²) in [6, 6.07) is 7.91. The Labute approximate surface area is 133 Å². The smallest absolute Gasteiger partial charge is 0.327 e. The molecule has 2 rings (SSSR count). The Balaban J connectivity index is 1.74. The molecule has 1 saturated carbocycles. The number of hydrazine groups is 1. The maximum absolute atomic E-state index is 11.9. The number of aryl methyl sites for hydroxylation is 1. The van der Waals surface area contributed by atoms with Gasteiger partial charge in [0, 0.05) is 10.9 Å². The van der Waals surface area contributed by atoms with Gasteiger partial charge in [-0.2, -0.15) is 0 Å². The Morgan fingerprint density at radius 1 is 1.09 bits per heavy atom. The first-order valence-electron chi connectivity index (χ1n) is 7.09. The van der Waals surface area contributed by atoms with Gasteiger partial charge in [0.2, 0.25) is 0 Å². The summed E-state index contributed by atoms with van der Waals surface area (Å²) in [6.07, 6.45) is 1.80. The molecular weight excluding hydrogens is 302 g/mol. The zero-order valence-corrected chi connectivity index (χ0v) is 13.3. The molecule has 0 aromatic heterocycles. The van der Waals surface area contributed by atoms with Crippen molar-refractivity contribution in [1.29, 1.82) is 0 Å². The lowest BCUT2D eigenvalue weighted by Gasteiger charge is -2.12. The van der Waals surface area contributed by atoms with Gasteiger partial charge in [-0.1, -0.05) is 17.7 Å². The van der Waals surface area contributed by atoms with Crippen LogP contribution in [0.3, 0.4) is 0 Å². The van der Waals surface area contributed by atoms with Crippen LogP contribution in [0.1, 0.15) is 25.3 Å². The lowest BCUT2D eigenvalue weighted by molar-refractivity contribution is -0.140. The number of amides is 3. The van der Waals surface area contributed by atoms with Gasteiger partial charge in [0.15, 0.2) is 0 Å². The number of nitrogens with one attached hydrogen (secondary N) is 3. The van der Waals surface area contributed by atoms with Crippen LogP contribution < -0.4 is 16.2 Å². The fourth-order valence-electron chi connectivity index (χ4n) is 1.63. The molecule has 3 amide bonds. The molecule has 0 heterocycles. The fraction of sp³-hybridized carbons (Fsp3) is 0.400. The Hall–Kier alpha value is -2.02. The quantitative estimate of drug-likeness (QED) is 0.437. The Kier molecular flexibility index (Phi) is 5.43. The van der Waals surface area contributed by atoms with Crippen molar-refractivity contribution in [1.82, 2.24) is 16.2 Å². The van der Waals surface area contributed by atoms with Gasteiger partial charge < -0.3 is 5.32 Å². The van der Waals surface area contributed by atoms with Gasteiger partial charge in [0.25, 0.3) is 5.91 Å². The SMILES string of the molecule is Cc1ccc(S[C@H](C)C(=O)NNC(=O)C(=O)NC2CC2)cc1. The van der Waals surface area contributed by atoms with Gasteiger partial charge >= 0.3 is 11.8 Å². The molecule has 3 N–H and O–H groups in total. The maximum Gasteiger partial charge on any atom is 0.327 e. The highest BCUT2D eigenvalue weighted by Crippen LogP contribution is 2.23. The summed E-state index contributed by atoms with van der Waals surface area (Å²) in [5, 5.41) is 2.15. The highest BCUT2D eigenvalue weighted by molar-refractivity contribution is 8.00. The van der Waals surface area contributed by atoms with E-state index in [-0.39, 0.29) is 11.9 Å². The topological polar surface area (TPSA) is 87.3 Å². The summed E-state index contributed by atoms with van der Waals surface area (Å²) in [4.78, 5) is 35.8. The second-order valence-electron chi connectivity index (χ2n) is 5.26. The Bertz CT molecular complexity index is 570. The number of carbonyl (C=O) groups is 3. The minimum atomic E-state index is -0.854. The summed E-state index contributed by atoms with van der Waals surface area (Å²) in [5.74, 6) is -1.94. The molecule has 22 heavy (non-hydrogen) atoms. The van der Waals surface area contributed by atoms with Crippen LogP contribution in [-0.4, -0.2) is 29.0 Å². The minimum absolute atomic E-state index is 0.102. The summed E-state index contributed by atoms with van der Waals surface area (Å²) in [7, 11) is 0. The molecule has 7 heteroatoms. The van der Waals surface area contributed by atoms with E-state index in [0.29, 0.717) is 0 Å². The van der Waals surface area contributed by atoms with E-state index in [0.717, 1.165) is 23.3 Å². The average molecular weight is 321 g/mol. The molecule has 6 nitrogen and oxygen atoms in total. The summed E-state index contributed by atoms with van der Waals surface area (Å²) in [6.45, 7) is 3.73. The van der Waals surface area contributed by atoms with Crippen LogP contribution in [0.5, 0.6) is 0 Å². The first-order valence-corrected chi connectivity index (χ1v) is 7.97. The van der Waals surface area contributed by atoms with E-state index in [2.05, 4.69) is 16.2 Å². The van der Waals surface area contributed by atoms with E-state index >= 15 is 0 Å². The first kappa shape index (κ1) is 16.4. The molecule has 0 saturated heterocycles. The van der Waals surface area contributed by atoms with Crippen LogP contribution in [0.25, 0.3) is 0 Å². The zero-order valence-electron chi connectivity index (χ0n) is 12.5. The summed E-state index contributed by atoms with van der Waals surface area (Å²) >= 11 is 1.38. The predicted octanol–water partition coefficient (Wildman–Crippen LogP) is 0.902. The molecule has 0 unspecified atom stereocenters. The van der Waals surface area contributed by atoms with E-state index in [1.165, 1.54) is 11.8 Å². The fourth-order valence-corrected chi connectivity index (χ4v) is 2.50. The van der Waals surface area contributed by atoms with Crippen molar-refractivity contribution in [3.63, 3.8) is 0 Å². The van der Waals surface area contributed by atoms with Crippen molar-refractivity contribution < 1.29 is 14.4 Å². The molecule has 0 radical (unpaired) electrons. The number of hydrogen-bond acceptors (Lipinski definition) is 4. The van der Waals surface area contributed by atoms with E-state index < -0.39 is 17.1 Å². The Morgan fingerprint density at radius 3 is 2.32 bits per heavy atom. The Morgan fingerprint density at radius 2 is 1.73 bits per heavy atom. The lowest BCUT2D eigenvalue weighted by Crippen LogP contribution is -2.50. The van der Waals surface area contributed by atoms with Crippen LogP contribution in [-0.2, 0) is 14.4 Å². The van der Waals surface area contributed by atoms with Crippen LogP contribution in [0.2, 0.25) is 0 Å². The maximum atomic E-state index is 11.9. The van der Waals surface area contributed by atoms with E-state index in [4.69, 9.17) is 0 Å². The van der Waals surface area contributed by atoms with Crippen LogP contribution >= 0.6 is 11.8 Å². The van der Waals surface area contributed by atoms with Crippen molar-refractivity contribution >= 4 is 29.5 Å². The molecular formula is C15H19N3O3S. The largest absolute Gasteiger partial charge is 0.345 e. The molecule has 118 valence electrons. The van der Waals surface area contributed by atoms with Crippen LogP contribution in [0.4, 0.5) is 0 Å². The third kappa shape index (κ3) is 5.07. The molecule has 1 fully saturated rings. The number of rotatable bonds is 4. The molecule has 1 aliphatic rings. The number of benzene rings is 1. The van der Waals surface area contributed by atoms with Gasteiger partial charge in [-0.05, 0) is 38.8 Å². The molecule has 0 bridgehead atoms. The molecule has 0 aliphatic heterocycles. The van der Waals surface area contributed by atoms with Gasteiger partial charge in [-0.15, -0.1) is 11.8 Å². The second kappa shape index (κ2) is 7.31. The highest BCUT2D eigenvalue weighted by Gasteiger charge is 2.26. The number of hydrogen-bond donors (Lipinski definition) is 3. The minimum Gasteiger partial charge on any atom is -0.345 e. The van der Waals surface area contributed by atoms with Crippen molar-refractivity contribution in [3.8, 4) is 0 Å². The molecule has 1 aliphatic carbocycles. The first-order chi connectivity index (χ1) is 10.5. The van der Waals surface area contributed by atoms with Crippen LogP contribution in [0, 0.1) is 6.92 Å². The number of thioether (sulfide) groups is 1. The van der Waals surface area contributed by atoms with E-state index in [1.54, 1.807) is 6.92 Å². The predicted molar refractivity (Wildman–Crippen MR) is 83.9 cm³/mol. The third-order valence-corrected chi connectivity index (χ3v) is 4.23. The normalized spacial score (nSPS) is 14.8. The standard InChI is InChI=1S/C15H19N3O3S/c1-9-3-7-12(8-4-9)22-10(2)13(19)17-18-15(21)14(20)16-11-5-6-11/h3-4,7-8,10-11H,5-6H2,1-2H3,(H,16,20)(H,17,19)(H,18,21)/t10-/m1/s1. The lowest BCUT2D eigenvalue weighted by atomic mass is 10.2. The summed E-state index contributed by atoms with van der Waals surface area (Å²) < 4.78 is 0. The molecule has 0 spiro atoms. The number of carbonyl (C=O) groups excluding carboxylic acids is 3. The van der Waals surface area contributed by atoms with Crippen LogP contribution in [0.15, 0.2) is 29.2 Å². The third-order valence-electron chi connectivity index (χ3n) is 3.12. The average Bonchev–Trinajstić information content (AvgIpc) is 3.30. The molecule has 1 aromatic rings. The second-order valence-corrected chi connectivity index (χ2v) is 6.68. The molecule has 1 aromatic carbocycles. The molecule has 1 atom stereocenters. The van der Waals surface area contributed by atoms with Crippen molar-refractivity contribution in [2.24, 2.45) is 0 Å². The monoisotopic (exact) mass is 321 g/mol.